The zero-order chi connectivity index (χ0) is 24.7. The molecule has 0 aromatic heterocycles. The van der Waals surface area contributed by atoms with Gasteiger partial charge >= 0.3 is 0 Å². The van der Waals surface area contributed by atoms with Crippen LogP contribution in [0.2, 0.25) is 0 Å². The molecule has 0 N–H and O–H groups in total. The van der Waals surface area contributed by atoms with Crippen LogP contribution >= 0.6 is 0 Å². The highest BCUT2D eigenvalue weighted by Crippen LogP contribution is 2.28. The molecule has 0 amide bonds. The fraction of sp³-hybridized carbons (Fsp3) is 0.367. The van der Waals surface area contributed by atoms with Gasteiger partial charge in [0.1, 0.15) is 22.8 Å². The standard InChI is InChI=1S/C30H36O4/c1-7-23-13-15-28(26(20-23)29(31)24-11-9-8-10-12-24)33-22(3)17-18-32-25-14-16-27(21(2)19-25)34-30(4,5)6/h8-16,19-20,22H,7,17-18H2,1-6H3. The first kappa shape index (κ1) is 25.4. The highest BCUT2D eigenvalue weighted by atomic mass is 16.5. The summed E-state index contributed by atoms with van der Waals surface area (Å²) in [5.41, 5.74) is 3.17. The van der Waals surface area contributed by atoms with Crippen LogP contribution in [0.25, 0.3) is 0 Å². The average Bonchev–Trinajstić information content (AvgIpc) is 2.80. The van der Waals surface area contributed by atoms with Gasteiger partial charge in [-0.05, 0) is 82.5 Å². The van der Waals surface area contributed by atoms with E-state index in [4.69, 9.17) is 14.2 Å². The Morgan fingerprint density at radius 2 is 1.65 bits per heavy atom. The molecule has 3 rings (SSSR count). The Bertz CT molecular complexity index is 1100. The lowest BCUT2D eigenvalue weighted by Crippen LogP contribution is -2.23. The van der Waals surface area contributed by atoms with Crippen molar-refractivity contribution in [1.29, 1.82) is 0 Å². The number of ketones is 1. The van der Waals surface area contributed by atoms with Crippen molar-refractivity contribution >= 4 is 5.78 Å². The summed E-state index contributed by atoms with van der Waals surface area (Å²) >= 11 is 0. The van der Waals surface area contributed by atoms with Gasteiger partial charge in [0.15, 0.2) is 5.78 Å². The molecule has 0 aliphatic carbocycles. The molecule has 0 heterocycles. The van der Waals surface area contributed by atoms with Crippen molar-refractivity contribution in [2.45, 2.75) is 66.1 Å². The number of hydrogen-bond acceptors (Lipinski definition) is 4. The van der Waals surface area contributed by atoms with Crippen molar-refractivity contribution in [2.75, 3.05) is 6.61 Å². The second-order valence-electron chi connectivity index (χ2n) is 9.59. The van der Waals surface area contributed by atoms with E-state index in [1.54, 1.807) is 0 Å². The summed E-state index contributed by atoms with van der Waals surface area (Å²) in [6.07, 6.45) is 1.44. The molecule has 0 saturated carbocycles. The van der Waals surface area contributed by atoms with Crippen LogP contribution in [0.1, 0.15) is 68.1 Å². The van der Waals surface area contributed by atoms with E-state index < -0.39 is 0 Å². The number of carbonyl (C=O) groups is 1. The van der Waals surface area contributed by atoms with Crippen LogP contribution in [0.5, 0.6) is 17.2 Å². The van der Waals surface area contributed by atoms with Gasteiger partial charge in [0.25, 0.3) is 0 Å². The van der Waals surface area contributed by atoms with Crippen molar-refractivity contribution in [3.8, 4) is 17.2 Å². The van der Waals surface area contributed by atoms with Crippen molar-refractivity contribution in [3.63, 3.8) is 0 Å². The maximum atomic E-state index is 13.1. The van der Waals surface area contributed by atoms with E-state index in [0.29, 0.717) is 29.9 Å². The Hall–Kier alpha value is -3.27. The van der Waals surface area contributed by atoms with Gasteiger partial charge in [0, 0.05) is 12.0 Å². The first-order valence-electron chi connectivity index (χ1n) is 12.0. The molecule has 0 aliphatic rings. The lowest BCUT2D eigenvalue weighted by atomic mass is 9.99. The van der Waals surface area contributed by atoms with Gasteiger partial charge < -0.3 is 14.2 Å². The number of benzene rings is 3. The summed E-state index contributed by atoms with van der Waals surface area (Å²) in [7, 11) is 0. The van der Waals surface area contributed by atoms with Crippen LogP contribution in [0.4, 0.5) is 0 Å². The molecule has 3 aromatic carbocycles. The van der Waals surface area contributed by atoms with Crippen LogP contribution in [-0.2, 0) is 6.42 Å². The molecule has 180 valence electrons. The van der Waals surface area contributed by atoms with E-state index in [1.165, 1.54) is 0 Å². The first-order valence-corrected chi connectivity index (χ1v) is 12.0. The molecule has 0 aliphatic heterocycles. The minimum absolute atomic E-state index is 0.0256. The van der Waals surface area contributed by atoms with Crippen LogP contribution < -0.4 is 14.2 Å². The molecular weight excluding hydrogens is 424 g/mol. The summed E-state index contributed by atoms with van der Waals surface area (Å²) in [6, 6.07) is 21.1. The van der Waals surface area contributed by atoms with Gasteiger partial charge in [-0.2, -0.15) is 0 Å². The average molecular weight is 461 g/mol. The predicted molar refractivity (Wildman–Crippen MR) is 137 cm³/mol. The number of hydrogen-bond donors (Lipinski definition) is 0. The van der Waals surface area contributed by atoms with Crippen LogP contribution in [0.15, 0.2) is 66.7 Å². The molecule has 0 bridgehead atoms. The quantitative estimate of drug-likeness (QED) is 0.300. The van der Waals surface area contributed by atoms with Gasteiger partial charge in [-0.25, -0.2) is 0 Å². The fourth-order valence-electron chi connectivity index (χ4n) is 3.60. The zero-order valence-corrected chi connectivity index (χ0v) is 21.2. The molecule has 1 atom stereocenters. The molecule has 0 fully saturated rings. The molecule has 4 heteroatoms. The van der Waals surface area contributed by atoms with E-state index in [9.17, 15) is 4.79 Å². The molecule has 0 saturated heterocycles. The Morgan fingerprint density at radius 1 is 0.941 bits per heavy atom. The lowest BCUT2D eigenvalue weighted by molar-refractivity contribution is 0.103. The van der Waals surface area contributed by atoms with Crippen LogP contribution in [0.3, 0.4) is 0 Å². The molecule has 34 heavy (non-hydrogen) atoms. The van der Waals surface area contributed by atoms with Crippen LogP contribution in [-0.4, -0.2) is 24.1 Å². The highest BCUT2D eigenvalue weighted by molar-refractivity contribution is 6.10. The van der Waals surface area contributed by atoms with Gasteiger partial charge in [-0.15, -0.1) is 0 Å². The number of carbonyl (C=O) groups excluding carboxylic acids is 1. The summed E-state index contributed by atoms with van der Waals surface area (Å²) < 4.78 is 18.1. The number of aryl methyl sites for hydroxylation is 2. The van der Waals surface area contributed by atoms with Crippen LogP contribution in [0, 0.1) is 6.92 Å². The van der Waals surface area contributed by atoms with Gasteiger partial charge in [0.2, 0.25) is 0 Å². The number of rotatable bonds is 10. The van der Waals surface area contributed by atoms with Gasteiger partial charge in [-0.3, -0.25) is 4.79 Å². The maximum absolute atomic E-state index is 13.1. The second kappa shape index (κ2) is 11.2. The summed E-state index contributed by atoms with van der Waals surface area (Å²) in [6.45, 7) is 12.7. The maximum Gasteiger partial charge on any atom is 0.196 e. The predicted octanol–water partition coefficient (Wildman–Crippen LogP) is 7.20. The van der Waals surface area contributed by atoms with Crippen molar-refractivity contribution < 1.29 is 19.0 Å². The Balaban J connectivity index is 1.62. The Morgan fingerprint density at radius 3 is 2.29 bits per heavy atom. The van der Waals surface area contributed by atoms with Gasteiger partial charge in [-0.1, -0.05) is 43.3 Å². The summed E-state index contributed by atoms with van der Waals surface area (Å²) in [5, 5.41) is 0. The lowest BCUT2D eigenvalue weighted by Gasteiger charge is -2.23. The van der Waals surface area contributed by atoms with E-state index in [0.717, 1.165) is 29.0 Å². The zero-order valence-electron chi connectivity index (χ0n) is 21.2. The Kier molecular flexibility index (Phi) is 8.38. The summed E-state index contributed by atoms with van der Waals surface area (Å²) in [4.78, 5) is 13.1. The fourth-order valence-corrected chi connectivity index (χ4v) is 3.60. The van der Waals surface area contributed by atoms with E-state index in [-0.39, 0.29) is 17.5 Å². The third-order valence-corrected chi connectivity index (χ3v) is 5.42. The molecule has 3 aromatic rings. The van der Waals surface area contributed by atoms with Gasteiger partial charge in [0.05, 0.1) is 18.3 Å². The largest absolute Gasteiger partial charge is 0.493 e. The van der Waals surface area contributed by atoms with Crippen molar-refractivity contribution in [2.24, 2.45) is 0 Å². The van der Waals surface area contributed by atoms with E-state index in [2.05, 4.69) is 6.92 Å². The van der Waals surface area contributed by atoms with E-state index in [1.807, 2.05) is 101 Å². The minimum Gasteiger partial charge on any atom is -0.493 e. The third-order valence-electron chi connectivity index (χ3n) is 5.42. The first-order chi connectivity index (χ1) is 16.2. The van der Waals surface area contributed by atoms with Crippen molar-refractivity contribution in [1.82, 2.24) is 0 Å². The summed E-state index contributed by atoms with van der Waals surface area (Å²) in [5.74, 6) is 2.25. The monoisotopic (exact) mass is 460 g/mol. The molecule has 0 radical (unpaired) electrons. The molecule has 1 unspecified atom stereocenters. The smallest absolute Gasteiger partial charge is 0.196 e. The third kappa shape index (κ3) is 7.11. The minimum atomic E-state index is -0.240. The highest BCUT2D eigenvalue weighted by Gasteiger charge is 2.18. The molecular formula is C30H36O4. The normalized spacial score (nSPS) is 12.2. The second-order valence-corrected chi connectivity index (χ2v) is 9.59. The SMILES string of the molecule is CCc1ccc(OC(C)CCOc2ccc(OC(C)(C)C)c(C)c2)c(C(=O)c2ccccc2)c1. The van der Waals surface area contributed by atoms with E-state index >= 15 is 0 Å². The topological polar surface area (TPSA) is 44.8 Å². The number of ether oxygens (including phenoxy) is 3. The molecule has 0 spiro atoms. The van der Waals surface area contributed by atoms with Crippen molar-refractivity contribution in [3.05, 3.63) is 89.0 Å². The Labute approximate surface area is 203 Å². The molecule has 4 nitrogen and oxygen atoms in total.